The molecular formula is C15H14FNO3. The third-order valence-electron chi connectivity index (χ3n) is 3.27. The Balaban J connectivity index is 2.50. The van der Waals surface area contributed by atoms with Crippen LogP contribution >= 0.6 is 0 Å². The van der Waals surface area contributed by atoms with Crippen LogP contribution in [-0.2, 0) is 6.54 Å². The summed E-state index contributed by atoms with van der Waals surface area (Å²) >= 11 is 0. The van der Waals surface area contributed by atoms with Crippen LogP contribution in [-0.4, -0.2) is 15.6 Å². The molecule has 1 aromatic heterocycles. The van der Waals surface area contributed by atoms with E-state index in [1.165, 1.54) is 16.7 Å². The molecule has 0 unspecified atom stereocenters. The lowest BCUT2D eigenvalue weighted by atomic mass is 10.1. The van der Waals surface area contributed by atoms with Crippen molar-refractivity contribution in [1.29, 1.82) is 0 Å². The SMILES string of the molecule is Cc1cn(Cc2ccc(F)cc2)c(=O)c(C(=O)O)c1C. The number of carboxylic acids is 1. The smallest absolute Gasteiger partial charge is 0.341 e. The van der Waals surface area contributed by atoms with Crippen LogP contribution in [0.2, 0.25) is 0 Å². The molecule has 0 fully saturated rings. The van der Waals surface area contributed by atoms with Gasteiger partial charge in [-0.15, -0.1) is 0 Å². The van der Waals surface area contributed by atoms with Crippen molar-refractivity contribution >= 4 is 5.97 Å². The molecule has 0 saturated carbocycles. The first kappa shape index (κ1) is 14.0. The number of halogens is 1. The number of aromatic carboxylic acids is 1. The summed E-state index contributed by atoms with van der Waals surface area (Å²) in [7, 11) is 0. The molecule has 5 heteroatoms. The minimum Gasteiger partial charge on any atom is -0.477 e. The average Bonchev–Trinajstić information content (AvgIpc) is 2.38. The van der Waals surface area contributed by atoms with E-state index in [2.05, 4.69) is 0 Å². The topological polar surface area (TPSA) is 59.3 Å². The van der Waals surface area contributed by atoms with Gasteiger partial charge in [-0.2, -0.15) is 0 Å². The molecule has 0 aliphatic carbocycles. The molecule has 0 amide bonds. The van der Waals surface area contributed by atoms with Crippen molar-refractivity contribution in [2.75, 3.05) is 0 Å². The Kier molecular flexibility index (Phi) is 3.70. The largest absolute Gasteiger partial charge is 0.477 e. The Morgan fingerprint density at radius 3 is 2.40 bits per heavy atom. The second-order valence-corrected chi connectivity index (χ2v) is 4.68. The number of aryl methyl sites for hydroxylation is 1. The van der Waals surface area contributed by atoms with Crippen LogP contribution in [0.4, 0.5) is 4.39 Å². The van der Waals surface area contributed by atoms with Crippen molar-refractivity contribution in [3.8, 4) is 0 Å². The van der Waals surface area contributed by atoms with Gasteiger partial charge < -0.3 is 9.67 Å². The van der Waals surface area contributed by atoms with Gasteiger partial charge in [0.05, 0.1) is 6.54 Å². The molecule has 1 heterocycles. The van der Waals surface area contributed by atoms with Gasteiger partial charge in [-0.25, -0.2) is 9.18 Å². The Morgan fingerprint density at radius 2 is 1.85 bits per heavy atom. The van der Waals surface area contributed by atoms with E-state index in [9.17, 15) is 14.0 Å². The molecule has 20 heavy (non-hydrogen) atoms. The van der Waals surface area contributed by atoms with E-state index in [-0.39, 0.29) is 17.9 Å². The quantitative estimate of drug-likeness (QED) is 0.935. The van der Waals surface area contributed by atoms with E-state index in [0.717, 1.165) is 11.1 Å². The van der Waals surface area contributed by atoms with Gasteiger partial charge in [-0.05, 0) is 42.7 Å². The molecule has 0 spiro atoms. The van der Waals surface area contributed by atoms with E-state index in [1.54, 1.807) is 32.2 Å². The normalized spacial score (nSPS) is 10.6. The summed E-state index contributed by atoms with van der Waals surface area (Å²) in [6.07, 6.45) is 1.62. The van der Waals surface area contributed by atoms with Crippen LogP contribution in [0.1, 0.15) is 27.0 Å². The Bertz CT molecular complexity index is 717. The Morgan fingerprint density at radius 1 is 1.25 bits per heavy atom. The fraction of sp³-hybridized carbons (Fsp3) is 0.200. The highest BCUT2D eigenvalue weighted by atomic mass is 19.1. The molecule has 104 valence electrons. The minimum absolute atomic E-state index is 0.209. The van der Waals surface area contributed by atoms with Gasteiger partial charge in [0.15, 0.2) is 0 Å². The summed E-state index contributed by atoms with van der Waals surface area (Å²) in [5.41, 5.74) is 1.16. The molecule has 1 N–H and O–H groups in total. The monoisotopic (exact) mass is 275 g/mol. The van der Waals surface area contributed by atoms with Crippen LogP contribution in [0.15, 0.2) is 35.3 Å². The number of carboxylic acid groups (broad SMARTS) is 1. The van der Waals surface area contributed by atoms with E-state index in [1.807, 2.05) is 0 Å². The van der Waals surface area contributed by atoms with Crippen molar-refractivity contribution in [3.05, 3.63) is 68.9 Å². The molecule has 0 radical (unpaired) electrons. The number of nitrogens with zero attached hydrogens (tertiary/aromatic N) is 1. The first-order valence-electron chi connectivity index (χ1n) is 6.08. The zero-order chi connectivity index (χ0) is 14.9. The molecule has 2 aromatic rings. The van der Waals surface area contributed by atoms with Crippen molar-refractivity contribution in [2.45, 2.75) is 20.4 Å². The fourth-order valence-corrected chi connectivity index (χ4v) is 2.05. The Hall–Kier alpha value is -2.43. The minimum atomic E-state index is -1.23. The Labute approximate surface area is 115 Å². The zero-order valence-electron chi connectivity index (χ0n) is 11.2. The maximum Gasteiger partial charge on any atom is 0.341 e. The van der Waals surface area contributed by atoms with Crippen LogP contribution < -0.4 is 5.56 Å². The molecule has 2 rings (SSSR count). The molecular weight excluding hydrogens is 261 g/mol. The highest BCUT2D eigenvalue weighted by molar-refractivity contribution is 5.89. The van der Waals surface area contributed by atoms with Crippen molar-refractivity contribution in [2.24, 2.45) is 0 Å². The number of aromatic nitrogens is 1. The summed E-state index contributed by atoms with van der Waals surface area (Å²) in [5, 5.41) is 9.13. The molecule has 0 aliphatic heterocycles. The fourth-order valence-electron chi connectivity index (χ4n) is 2.05. The van der Waals surface area contributed by atoms with E-state index < -0.39 is 11.5 Å². The third-order valence-corrected chi connectivity index (χ3v) is 3.27. The summed E-state index contributed by atoms with van der Waals surface area (Å²) < 4.78 is 14.2. The lowest BCUT2D eigenvalue weighted by molar-refractivity contribution is 0.0693. The molecule has 0 aliphatic rings. The van der Waals surface area contributed by atoms with E-state index >= 15 is 0 Å². The summed E-state index contributed by atoms with van der Waals surface area (Å²) in [5.74, 6) is -1.59. The van der Waals surface area contributed by atoms with Gasteiger partial charge in [-0.3, -0.25) is 4.79 Å². The molecule has 0 bridgehead atoms. The molecule has 0 atom stereocenters. The van der Waals surface area contributed by atoms with Crippen molar-refractivity contribution < 1.29 is 14.3 Å². The summed E-state index contributed by atoms with van der Waals surface area (Å²) in [6, 6.07) is 5.74. The highest BCUT2D eigenvalue weighted by Crippen LogP contribution is 2.11. The lowest BCUT2D eigenvalue weighted by Gasteiger charge is -2.11. The summed E-state index contributed by atoms with van der Waals surface area (Å²) in [4.78, 5) is 23.3. The number of rotatable bonds is 3. The second kappa shape index (κ2) is 5.28. The van der Waals surface area contributed by atoms with Gasteiger partial charge in [0.2, 0.25) is 0 Å². The van der Waals surface area contributed by atoms with E-state index in [4.69, 9.17) is 5.11 Å². The first-order valence-corrected chi connectivity index (χ1v) is 6.08. The predicted octanol–water partition coefficient (Wildman–Crippen LogP) is 2.35. The van der Waals surface area contributed by atoms with Crippen LogP contribution in [0, 0.1) is 19.7 Å². The van der Waals surface area contributed by atoms with Gasteiger partial charge in [0.25, 0.3) is 5.56 Å². The highest BCUT2D eigenvalue weighted by Gasteiger charge is 2.16. The molecule has 4 nitrogen and oxygen atoms in total. The zero-order valence-corrected chi connectivity index (χ0v) is 11.2. The lowest BCUT2D eigenvalue weighted by Crippen LogP contribution is -2.28. The second-order valence-electron chi connectivity index (χ2n) is 4.68. The number of benzene rings is 1. The standard InChI is InChI=1S/C15H14FNO3/c1-9-7-17(8-11-3-5-12(16)6-4-11)14(18)13(10(9)2)15(19)20/h3-7H,8H2,1-2H3,(H,19,20). The maximum absolute atomic E-state index is 12.8. The first-order chi connectivity index (χ1) is 9.40. The predicted molar refractivity (Wildman–Crippen MR) is 72.6 cm³/mol. The van der Waals surface area contributed by atoms with Gasteiger partial charge >= 0.3 is 5.97 Å². The van der Waals surface area contributed by atoms with Crippen molar-refractivity contribution in [1.82, 2.24) is 4.57 Å². The molecule has 0 saturated heterocycles. The molecule has 1 aromatic carbocycles. The van der Waals surface area contributed by atoms with Crippen LogP contribution in [0.25, 0.3) is 0 Å². The third kappa shape index (κ3) is 2.61. The number of carbonyl (C=O) groups is 1. The maximum atomic E-state index is 12.8. The van der Waals surface area contributed by atoms with Crippen molar-refractivity contribution in [3.63, 3.8) is 0 Å². The van der Waals surface area contributed by atoms with Crippen LogP contribution in [0.5, 0.6) is 0 Å². The average molecular weight is 275 g/mol. The van der Waals surface area contributed by atoms with Gasteiger partial charge in [0.1, 0.15) is 11.4 Å². The number of hydrogen-bond donors (Lipinski definition) is 1. The van der Waals surface area contributed by atoms with Crippen LogP contribution in [0.3, 0.4) is 0 Å². The van der Waals surface area contributed by atoms with Gasteiger partial charge in [0, 0.05) is 6.20 Å². The number of hydrogen-bond acceptors (Lipinski definition) is 2. The van der Waals surface area contributed by atoms with Gasteiger partial charge in [-0.1, -0.05) is 12.1 Å². The number of pyridine rings is 1. The summed E-state index contributed by atoms with van der Waals surface area (Å²) in [6.45, 7) is 3.57. The van der Waals surface area contributed by atoms with E-state index in [0.29, 0.717) is 5.56 Å².